The smallest absolute Gasteiger partial charge is 0.353 e. The molecule has 1 fully saturated rings. The van der Waals surface area contributed by atoms with Crippen molar-refractivity contribution in [2.24, 2.45) is 10.9 Å². The highest BCUT2D eigenvalue weighted by Crippen LogP contribution is 2.45. The third-order valence-electron chi connectivity index (χ3n) is 5.23. The number of hydrogen-bond donors (Lipinski definition) is 5. The van der Waals surface area contributed by atoms with Gasteiger partial charge >= 0.3 is 5.97 Å². The fraction of sp³-hybridized carbons (Fsp3) is 0.333. The number of pyridine rings is 1. The van der Waals surface area contributed by atoms with Gasteiger partial charge in [0.2, 0.25) is 0 Å². The number of carboxylic acid groups (broad SMARTS) is 1. The highest BCUT2D eigenvalue weighted by Gasteiger charge is 2.54. The van der Waals surface area contributed by atoms with Crippen LogP contribution < -0.4 is 16.8 Å². The van der Waals surface area contributed by atoms with Crippen molar-refractivity contribution in [2.75, 3.05) is 17.2 Å². The number of nitrogen functional groups attached to an aromatic ring is 1. The molecule has 1 unspecified atom stereocenters. The molecule has 2 aromatic rings. The molecule has 0 bridgehead atoms. The summed E-state index contributed by atoms with van der Waals surface area (Å²) in [7, 11) is 0. The molecular formula is C21H23N7O5S4. The van der Waals surface area contributed by atoms with E-state index in [2.05, 4.69) is 20.4 Å². The van der Waals surface area contributed by atoms with Crippen LogP contribution in [0.15, 0.2) is 44.5 Å². The van der Waals surface area contributed by atoms with E-state index in [1.54, 1.807) is 24.2 Å². The van der Waals surface area contributed by atoms with E-state index in [1.165, 1.54) is 33.8 Å². The van der Waals surface area contributed by atoms with Crippen LogP contribution in [0.3, 0.4) is 0 Å². The standard InChI is InChI=1S/C21H23N7O5S4/c1-9(22)5-34-6-10-4-24-3-2-12(10)37-13-8-35-19-15(18(30)28(19)16(13)20(31)32)26-17(29)14(27-33)11-7-36-21(23)25-11/h2-4,7,9,15,19,33H,5-6,8,22H2,1H3,(H2,23,25)(H,26,29)(H,31,32)/b27-14-/t9?,15-,19-/m1/s1. The maximum atomic E-state index is 13.0. The molecule has 7 N–H and O–H groups in total. The Labute approximate surface area is 228 Å². The third-order valence-corrected chi connectivity index (χ3v) is 9.85. The van der Waals surface area contributed by atoms with Gasteiger partial charge in [-0.25, -0.2) is 9.78 Å². The first-order chi connectivity index (χ1) is 17.7. The van der Waals surface area contributed by atoms with Gasteiger partial charge in [-0.2, -0.15) is 11.8 Å². The predicted octanol–water partition coefficient (Wildman–Crippen LogP) is 1.37. The summed E-state index contributed by atoms with van der Waals surface area (Å²) < 4.78 is 0. The largest absolute Gasteiger partial charge is 0.477 e. The van der Waals surface area contributed by atoms with E-state index >= 15 is 0 Å². The lowest BCUT2D eigenvalue weighted by molar-refractivity contribution is -0.150. The average Bonchev–Trinajstić information content (AvgIpc) is 3.29. The first-order valence-electron chi connectivity index (χ1n) is 10.8. The normalized spacial score (nSPS) is 20.3. The van der Waals surface area contributed by atoms with Crippen molar-refractivity contribution in [3.8, 4) is 0 Å². The molecule has 2 aliphatic heterocycles. The number of aromatic nitrogens is 2. The number of thiazole rings is 1. The molecule has 3 atom stereocenters. The van der Waals surface area contributed by atoms with Crippen molar-refractivity contribution in [1.29, 1.82) is 0 Å². The molecule has 4 rings (SSSR count). The van der Waals surface area contributed by atoms with E-state index in [0.29, 0.717) is 16.4 Å². The highest BCUT2D eigenvalue weighted by atomic mass is 32.2. The highest BCUT2D eigenvalue weighted by molar-refractivity contribution is 8.06. The summed E-state index contributed by atoms with van der Waals surface area (Å²) in [5.41, 5.74) is 11.9. The van der Waals surface area contributed by atoms with E-state index in [9.17, 15) is 24.7 Å². The molecule has 4 heterocycles. The maximum Gasteiger partial charge on any atom is 0.353 e. The van der Waals surface area contributed by atoms with E-state index < -0.39 is 34.9 Å². The van der Waals surface area contributed by atoms with Gasteiger partial charge in [0.15, 0.2) is 10.8 Å². The number of nitrogens with two attached hydrogens (primary N) is 2. The number of carbonyl (C=O) groups is 3. The second-order valence-corrected chi connectivity index (χ2v) is 12.2. The molecule has 2 aliphatic rings. The van der Waals surface area contributed by atoms with Gasteiger partial charge < -0.3 is 27.1 Å². The summed E-state index contributed by atoms with van der Waals surface area (Å²) in [5, 5.41) is 25.8. The van der Waals surface area contributed by atoms with Crippen LogP contribution in [0.25, 0.3) is 0 Å². The number of carbonyl (C=O) groups excluding carboxylic acids is 2. The first-order valence-corrected chi connectivity index (χ1v) is 14.7. The average molecular weight is 582 g/mol. The number of β-lactam (4-membered cyclic amide) rings is 1. The lowest BCUT2D eigenvalue weighted by Crippen LogP contribution is -2.71. The number of carboxylic acids is 1. The van der Waals surface area contributed by atoms with E-state index in [0.717, 1.165) is 27.5 Å². The van der Waals surface area contributed by atoms with Crippen LogP contribution in [0, 0.1) is 0 Å². The van der Waals surface area contributed by atoms with Crippen LogP contribution >= 0.6 is 46.6 Å². The van der Waals surface area contributed by atoms with Crippen molar-refractivity contribution < 1.29 is 24.7 Å². The Morgan fingerprint density at radius 3 is 2.86 bits per heavy atom. The van der Waals surface area contributed by atoms with Crippen LogP contribution in [0.4, 0.5) is 5.13 Å². The molecule has 1 saturated heterocycles. The number of aliphatic carboxylic acids is 1. The molecule has 196 valence electrons. The van der Waals surface area contributed by atoms with Gasteiger partial charge in [0.1, 0.15) is 22.8 Å². The van der Waals surface area contributed by atoms with E-state index in [4.69, 9.17) is 11.5 Å². The quantitative estimate of drug-likeness (QED) is 0.117. The topological polar surface area (TPSA) is 197 Å². The molecule has 2 amide bonds. The summed E-state index contributed by atoms with van der Waals surface area (Å²) in [6, 6.07) is 0.880. The number of anilines is 1. The Hall–Kier alpha value is -2.79. The molecule has 0 aliphatic carbocycles. The molecule has 0 radical (unpaired) electrons. The number of amides is 2. The van der Waals surface area contributed by atoms with Crippen molar-refractivity contribution in [3.63, 3.8) is 0 Å². The van der Waals surface area contributed by atoms with Gasteiger partial charge in [0, 0.05) is 50.9 Å². The van der Waals surface area contributed by atoms with E-state index in [-0.39, 0.29) is 22.6 Å². The molecule has 0 spiro atoms. The monoisotopic (exact) mass is 581 g/mol. The SMILES string of the molecule is CC(N)CSCc1cnccc1SC1=C(C(=O)O)N2C(=O)[C@@H](NC(=O)/C(=N\O)c3csc(N)n3)[C@H]2SC1. The summed E-state index contributed by atoms with van der Waals surface area (Å²) in [6.45, 7) is 1.93. The number of nitrogens with one attached hydrogen (secondary N) is 1. The minimum Gasteiger partial charge on any atom is -0.477 e. The maximum absolute atomic E-state index is 13.0. The molecule has 37 heavy (non-hydrogen) atoms. The minimum absolute atomic E-state index is 0.0519. The summed E-state index contributed by atoms with van der Waals surface area (Å²) in [6.07, 6.45) is 3.38. The Bertz CT molecular complexity index is 1280. The van der Waals surface area contributed by atoms with E-state index in [1.807, 2.05) is 13.0 Å². The molecule has 12 nitrogen and oxygen atoms in total. The molecule has 0 saturated carbocycles. The zero-order valence-electron chi connectivity index (χ0n) is 19.4. The van der Waals surface area contributed by atoms with Crippen LogP contribution in [0.5, 0.6) is 0 Å². The summed E-state index contributed by atoms with van der Waals surface area (Å²) in [4.78, 5) is 48.6. The Balaban J connectivity index is 1.50. The summed E-state index contributed by atoms with van der Waals surface area (Å²) >= 11 is 5.36. The lowest BCUT2D eigenvalue weighted by atomic mass is 10.0. The van der Waals surface area contributed by atoms with Gasteiger partial charge in [0.25, 0.3) is 11.8 Å². The van der Waals surface area contributed by atoms with Crippen LogP contribution in [-0.4, -0.2) is 77.6 Å². The lowest BCUT2D eigenvalue weighted by Gasteiger charge is -2.49. The van der Waals surface area contributed by atoms with Gasteiger partial charge in [0.05, 0.1) is 0 Å². The van der Waals surface area contributed by atoms with Gasteiger partial charge in [-0.1, -0.05) is 16.9 Å². The van der Waals surface area contributed by atoms with Gasteiger partial charge in [-0.3, -0.25) is 19.5 Å². The number of nitrogens with zero attached hydrogens (tertiary/aromatic N) is 4. The molecule has 2 aromatic heterocycles. The number of thioether (sulfide) groups is 3. The third kappa shape index (κ3) is 5.87. The van der Waals surface area contributed by atoms with Crippen LogP contribution in [0.1, 0.15) is 18.2 Å². The molecular weight excluding hydrogens is 559 g/mol. The predicted molar refractivity (Wildman–Crippen MR) is 144 cm³/mol. The Morgan fingerprint density at radius 2 is 2.22 bits per heavy atom. The van der Waals surface area contributed by atoms with Crippen molar-refractivity contribution in [2.45, 2.75) is 35.0 Å². The number of rotatable bonds is 10. The van der Waals surface area contributed by atoms with Gasteiger partial charge in [-0.05, 0) is 18.6 Å². The Morgan fingerprint density at radius 1 is 1.43 bits per heavy atom. The van der Waals surface area contributed by atoms with Crippen molar-refractivity contribution >= 4 is 75.2 Å². The zero-order chi connectivity index (χ0) is 26.7. The fourth-order valence-corrected chi connectivity index (χ4v) is 7.74. The van der Waals surface area contributed by atoms with Crippen molar-refractivity contribution in [1.82, 2.24) is 20.2 Å². The Kier molecular flexibility index (Phi) is 8.63. The minimum atomic E-state index is -1.23. The second-order valence-electron chi connectivity index (χ2n) is 8.04. The molecule has 16 heteroatoms. The number of oxime groups is 1. The first kappa shape index (κ1) is 27.3. The summed E-state index contributed by atoms with van der Waals surface area (Å²) in [5.74, 6) is -0.863. The number of fused-ring (bicyclic) bond motifs is 1. The second kappa shape index (κ2) is 11.7. The molecule has 0 aromatic carbocycles. The fourth-order valence-electron chi connectivity index (χ4n) is 3.60. The zero-order valence-corrected chi connectivity index (χ0v) is 22.6. The van der Waals surface area contributed by atoms with Gasteiger partial charge in [-0.15, -0.1) is 23.1 Å². The van der Waals surface area contributed by atoms with Crippen molar-refractivity contribution in [3.05, 3.63) is 45.7 Å². The van der Waals surface area contributed by atoms with Crippen LogP contribution in [-0.2, 0) is 20.1 Å². The number of hydrogen-bond acceptors (Lipinski definition) is 13. The van der Waals surface area contributed by atoms with Crippen LogP contribution in [0.2, 0.25) is 0 Å².